The molecule has 0 aliphatic rings. The third kappa shape index (κ3) is 4.29. The maximum atomic E-state index is 12.5. The number of hydrogen-bond acceptors (Lipinski definition) is 8. The summed E-state index contributed by atoms with van der Waals surface area (Å²) in [5.74, 6) is -2.10. The molecule has 1 aromatic heterocycles. The number of carbonyl (C=O) groups excluding carboxylic acids is 1. The van der Waals surface area contributed by atoms with E-state index in [0.29, 0.717) is 0 Å². The average Bonchev–Trinajstić information content (AvgIpc) is 3.09. The van der Waals surface area contributed by atoms with E-state index in [1.807, 2.05) is 0 Å². The Balaban J connectivity index is 0.00000300. The summed E-state index contributed by atoms with van der Waals surface area (Å²) < 4.78 is 25.2. The van der Waals surface area contributed by atoms with Gasteiger partial charge in [0.1, 0.15) is 0 Å². The van der Waals surface area contributed by atoms with Gasteiger partial charge in [-0.2, -0.15) is 8.42 Å². The number of non-ortho nitro benzene ring substituents is 1. The van der Waals surface area contributed by atoms with Crippen molar-refractivity contribution < 1.29 is 52.8 Å². The molecule has 0 aliphatic heterocycles. The van der Waals surface area contributed by atoms with Crippen molar-refractivity contribution in [3.05, 3.63) is 70.4 Å². The second-order valence-corrected chi connectivity index (χ2v) is 7.31. The first-order chi connectivity index (χ1) is 13.2. The van der Waals surface area contributed by atoms with Crippen molar-refractivity contribution in [2.24, 2.45) is 0 Å². The smallest absolute Gasteiger partial charge is 0.856 e. The molecule has 1 heterocycles. The standard InChI is InChI=1S/C16H13N5O6S.Na/c1-19(11-7-9-12(10-8-11)21(24)25)15(22)14-16(23)20(18-17-14)28(26,27)13-5-3-2-4-6-13;/h2-10,23H,1H3;/q;+1/p-1. The predicted octanol–water partition coefficient (Wildman–Crippen LogP) is -2.22. The first-order valence-corrected chi connectivity index (χ1v) is 9.13. The summed E-state index contributed by atoms with van der Waals surface area (Å²) in [5.41, 5.74) is -0.621. The number of nitro groups is 1. The van der Waals surface area contributed by atoms with Crippen LogP contribution in [0.3, 0.4) is 0 Å². The molecular formula is C16H12N5NaO6S. The minimum Gasteiger partial charge on any atom is -0.856 e. The van der Waals surface area contributed by atoms with Gasteiger partial charge in [0.2, 0.25) is 0 Å². The molecule has 0 saturated carbocycles. The van der Waals surface area contributed by atoms with Gasteiger partial charge in [0.25, 0.3) is 21.6 Å². The minimum atomic E-state index is -4.30. The topological polar surface area (TPSA) is 151 Å². The number of rotatable bonds is 5. The summed E-state index contributed by atoms with van der Waals surface area (Å²) in [4.78, 5) is 23.5. The first-order valence-electron chi connectivity index (χ1n) is 7.69. The molecule has 3 rings (SSSR count). The molecule has 29 heavy (non-hydrogen) atoms. The SMILES string of the molecule is CN(C(=O)c1nnn(S(=O)(=O)c2ccccc2)c1[O-])c1ccc([N+](=O)[O-])cc1.[Na+]. The van der Waals surface area contributed by atoms with Gasteiger partial charge in [-0.25, -0.2) is 0 Å². The van der Waals surface area contributed by atoms with Crippen LogP contribution in [0, 0.1) is 10.1 Å². The normalized spacial score (nSPS) is 10.8. The molecule has 144 valence electrons. The van der Waals surface area contributed by atoms with Crippen LogP contribution < -0.4 is 39.6 Å². The quantitative estimate of drug-likeness (QED) is 0.253. The van der Waals surface area contributed by atoms with E-state index >= 15 is 0 Å². The number of carbonyl (C=O) groups is 1. The Kier molecular flexibility index (Phi) is 6.74. The van der Waals surface area contributed by atoms with Gasteiger partial charge in [0, 0.05) is 30.7 Å². The number of hydrogen-bond donors (Lipinski definition) is 0. The second kappa shape index (κ2) is 8.69. The summed E-state index contributed by atoms with van der Waals surface area (Å²) in [6.07, 6.45) is 0. The van der Waals surface area contributed by atoms with Crippen molar-refractivity contribution in [1.82, 2.24) is 14.4 Å². The minimum absolute atomic E-state index is 0. The van der Waals surface area contributed by atoms with Gasteiger partial charge < -0.3 is 10.0 Å². The van der Waals surface area contributed by atoms with E-state index in [0.717, 1.165) is 4.90 Å². The third-order valence-corrected chi connectivity index (χ3v) is 5.39. The molecule has 0 saturated heterocycles. The predicted molar refractivity (Wildman–Crippen MR) is 94.3 cm³/mol. The van der Waals surface area contributed by atoms with Gasteiger partial charge in [-0.05, 0) is 24.3 Å². The Hall–Kier alpha value is -2.80. The van der Waals surface area contributed by atoms with Crippen molar-refractivity contribution in [3.8, 4) is 5.88 Å². The summed E-state index contributed by atoms with van der Waals surface area (Å²) >= 11 is 0. The number of nitrogens with zero attached hydrogens (tertiary/aromatic N) is 5. The van der Waals surface area contributed by atoms with Crippen LogP contribution in [-0.4, -0.2) is 40.7 Å². The van der Waals surface area contributed by atoms with Gasteiger partial charge in [0.05, 0.1) is 9.82 Å². The number of anilines is 1. The van der Waals surface area contributed by atoms with E-state index in [2.05, 4.69) is 10.3 Å². The molecule has 3 aromatic rings. The van der Waals surface area contributed by atoms with Crippen molar-refractivity contribution in [2.45, 2.75) is 4.90 Å². The molecule has 0 bridgehead atoms. The van der Waals surface area contributed by atoms with Crippen LogP contribution in [0.2, 0.25) is 0 Å². The van der Waals surface area contributed by atoms with Crippen LogP contribution in [0.5, 0.6) is 5.88 Å². The van der Waals surface area contributed by atoms with Gasteiger partial charge in [0.15, 0.2) is 5.69 Å². The summed E-state index contributed by atoms with van der Waals surface area (Å²) in [6.45, 7) is 0. The molecule has 0 fully saturated rings. The van der Waals surface area contributed by atoms with E-state index in [1.54, 1.807) is 6.07 Å². The van der Waals surface area contributed by atoms with E-state index in [9.17, 15) is 28.4 Å². The molecule has 13 heteroatoms. The molecule has 0 atom stereocenters. The van der Waals surface area contributed by atoms with Crippen molar-refractivity contribution >= 4 is 27.3 Å². The Bertz CT molecular complexity index is 1150. The fourth-order valence-electron chi connectivity index (χ4n) is 2.32. The van der Waals surface area contributed by atoms with E-state index in [1.165, 1.54) is 55.6 Å². The molecule has 0 radical (unpaired) electrons. The molecule has 0 unspecified atom stereocenters. The first kappa shape index (κ1) is 22.5. The largest absolute Gasteiger partial charge is 1.00 e. The van der Waals surface area contributed by atoms with Crippen molar-refractivity contribution in [1.29, 1.82) is 0 Å². The van der Waals surface area contributed by atoms with Crippen LogP contribution in [-0.2, 0) is 10.0 Å². The van der Waals surface area contributed by atoms with Gasteiger partial charge in [-0.3, -0.25) is 14.9 Å². The molecule has 1 amide bonds. The van der Waals surface area contributed by atoms with Crippen molar-refractivity contribution in [3.63, 3.8) is 0 Å². The van der Waals surface area contributed by atoms with E-state index < -0.39 is 32.4 Å². The zero-order valence-corrected chi connectivity index (χ0v) is 18.1. The zero-order valence-electron chi connectivity index (χ0n) is 15.3. The van der Waals surface area contributed by atoms with Crippen LogP contribution in [0.1, 0.15) is 10.5 Å². The van der Waals surface area contributed by atoms with Crippen LogP contribution >= 0.6 is 0 Å². The number of aromatic nitrogens is 3. The second-order valence-electron chi connectivity index (χ2n) is 5.54. The fourth-order valence-corrected chi connectivity index (χ4v) is 3.46. The maximum Gasteiger partial charge on any atom is 1.00 e. The van der Waals surface area contributed by atoms with Crippen LogP contribution in [0.15, 0.2) is 59.5 Å². The summed E-state index contributed by atoms with van der Waals surface area (Å²) in [6, 6.07) is 12.1. The Morgan fingerprint density at radius 3 is 2.24 bits per heavy atom. The van der Waals surface area contributed by atoms with Crippen molar-refractivity contribution in [2.75, 3.05) is 11.9 Å². The Morgan fingerprint density at radius 1 is 1.10 bits per heavy atom. The molecule has 11 nitrogen and oxygen atoms in total. The Morgan fingerprint density at radius 2 is 1.69 bits per heavy atom. The molecule has 0 aliphatic carbocycles. The fraction of sp³-hybridized carbons (Fsp3) is 0.0625. The van der Waals surface area contributed by atoms with Crippen LogP contribution in [0.4, 0.5) is 11.4 Å². The van der Waals surface area contributed by atoms with E-state index in [4.69, 9.17) is 0 Å². The monoisotopic (exact) mass is 425 g/mol. The average molecular weight is 425 g/mol. The van der Waals surface area contributed by atoms with Gasteiger partial charge in [-0.15, -0.1) is 9.19 Å². The Labute approximate surface area is 187 Å². The summed E-state index contributed by atoms with van der Waals surface area (Å²) in [5, 5.41) is 29.9. The molecule has 0 N–H and O–H groups in total. The molecular weight excluding hydrogens is 413 g/mol. The number of nitro benzene ring substituents is 1. The van der Waals surface area contributed by atoms with Gasteiger partial charge >= 0.3 is 29.6 Å². The summed E-state index contributed by atoms with van der Waals surface area (Å²) in [7, 11) is -2.99. The third-order valence-electron chi connectivity index (χ3n) is 3.83. The molecule has 2 aromatic carbocycles. The molecule has 0 spiro atoms. The van der Waals surface area contributed by atoms with Crippen LogP contribution in [0.25, 0.3) is 0 Å². The number of amides is 1. The van der Waals surface area contributed by atoms with Gasteiger partial charge in [-0.1, -0.05) is 23.4 Å². The van der Waals surface area contributed by atoms with E-state index in [-0.39, 0.29) is 49.9 Å². The zero-order chi connectivity index (χ0) is 20.5. The maximum absolute atomic E-state index is 12.5. The number of benzene rings is 2.